The molecule has 1 aromatic carbocycles. The number of phenolic OH excluding ortho intramolecular Hbond substituents is 1. The standard InChI is InChI=1S/C22H36O3/c1-3-4-5-6-7-8-9-10-11-12-17-25-18-13-14-20-15-16-21(23)22(19-20)24-2/h13-16,19,23H,3-12,17-18H2,1-2H3/b14-13+. The van der Waals surface area contributed by atoms with Crippen LogP contribution in [0, 0.1) is 0 Å². The summed E-state index contributed by atoms with van der Waals surface area (Å²) in [6.45, 7) is 3.72. The minimum atomic E-state index is 0.164. The Labute approximate surface area is 154 Å². The third-order valence-corrected chi connectivity index (χ3v) is 4.37. The summed E-state index contributed by atoms with van der Waals surface area (Å²) in [6, 6.07) is 5.31. The van der Waals surface area contributed by atoms with Gasteiger partial charge in [0.25, 0.3) is 0 Å². The van der Waals surface area contributed by atoms with Crippen molar-refractivity contribution in [2.45, 2.75) is 71.1 Å². The zero-order valence-corrected chi connectivity index (χ0v) is 16.1. The van der Waals surface area contributed by atoms with Gasteiger partial charge in [-0.3, -0.25) is 0 Å². The van der Waals surface area contributed by atoms with Gasteiger partial charge in [0.05, 0.1) is 13.7 Å². The van der Waals surface area contributed by atoms with E-state index in [9.17, 15) is 5.11 Å². The van der Waals surface area contributed by atoms with E-state index in [1.54, 1.807) is 13.2 Å². The van der Waals surface area contributed by atoms with Crippen LogP contribution in [0.5, 0.6) is 11.5 Å². The first-order chi connectivity index (χ1) is 12.3. The Morgan fingerprint density at radius 3 is 2.20 bits per heavy atom. The van der Waals surface area contributed by atoms with Crippen molar-refractivity contribution in [3.63, 3.8) is 0 Å². The molecule has 0 unspecified atom stereocenters. The van der Waals surface area contributed by atoms with Crippen LogP contribution < -0.4 is 4.74 Å². The summed E-state index contributed by atoms with van der Waals surface area (Å²) in [5.74, 6) is 0.658. The average molecular weight is 349 g/mol. The third-order valence-electron chi connectivity index (χ3n) is 4.37. The normalized spacial score (nSPS) is 11.3. The molecular weight excluding hydrogens is 312 g/mol. The van der Waals surface area contributed by atoms with Gasteiger partial charge in [0.1, 0.15) is 0 Å². The molecule has 1 N–H and O–H groups in total. The molecule has 0 aliphatic rings. The summed E-state index contributed by atoms with van der Waals surface area (Å²) in [5.41, 5.74) is 0.997. The van der Waals surface area contributed by atoms with Gasteiger partial charge in [0.15, 0.2) is 11.5 Å². The summed E-state index contributed by atoms with van der Waals surface area (Å²) >= 11 is 0. The summed E-state index contributed by atoms with van der Waals surface area (Å²) in [4.78, 5) is 0. The Balaban J connectivity index is 1.95. The number of unbranched alkanes of at least 4 members (excludes halogenated alkanes) is 9. The predicted molar refractivity (Wildman–Crippen MR) is 106 cm³/mol. The van der Waals surface area contributed by atoms with Crippen molar-refractivity contribution >= 4 is 6.08 Å². The zero-order valence-electron chi connectivity index (χ0n) is 16.1. The number of phenols is 1. The number of benzene rings is 1. The van der Waals surface area contributed by atoms with Crippen molar-refractivity contribution in [1.82, 2.24) is 0 Å². The monoisotopic (exact) mass is 348 g/mol. The van der Waals surface area contributed by atoms with E-state index in [1.807, 2.05) is 24.3 Å². The molecule has 0 spiro atoms. The molecule has 0 saturated carbocycles. The minimum Gasteiger partial charge on any atom is -0.504 e. The van der Waals surface area contributed by atoms with Crippen molar-refractivity contribution in [2.24, 2.45) is 0 Å². The van der Waals surface area contributed by atoms with Crippen LogP contribution in [-0.2, 0) is 4.74 Å². The first-order valence-corrected chi connectivity index (χ1v) is 9.89. The maximum Gasteiger partial charge on any atom is 0.161 e. The van der Waals surface area contributed by atoms with Crippen molar-refractivity contribution in [3.8, 4) is 11.5 Å². The van der Waals surface area contributed by atoms with Crippen LogP contribution in [0.1, 0.15) is 76.7 Å². The first-order valence-electron chi connectivity index (χ1n) is 9.89. The minimum absolute atomic E-state index is 0.164. The number of aromatic hydroxyl groups is 1. The lowest BCUT2D eigenvalue weighted by molar-refractivity contribution is 0.157. The first kappa shape index (κ1) is 21.6. The number of hydrogen-bond donors (Lipinski definition) is 1. The SMILES string of the molecule is CCCCCCCCCCCCOC/C=C/c1ccc(O)c(OC)c1. The van der Waals surface area contributed by atoms with Crippen molar-refractivity contribution in [1.29, 1.82) is 0 Å². The van der Waals surface area contributed by atoms with Crippen LogP contribution >= 0.6 is 0 Å². The number of rotatable bonds is 15. The molecule has 0 amide bonds. The molecule has 3 nitrogen and oxygen atoms in total. The molecule has 0 aliphatic heterocycles. The molecule has 1 aromatic rings. The highest BCUT2D eigenvalue weighted by molar-refractivity contribution is 5.55. The highest BCUT2D eigenvalue weighted by Crippen LogP contribution is 2.26. The fourth-order valence-electron chi connectivity index (χ4n) is 2.83. The van der Waals surface area contributed by atoms with Gasteiger partial charge in [0, 0.05) is 6.61 Å². The molecule has 1 rings (SSSR count). The largest absolute Gasteiger partial charge is 0.504 e. The summed E-state index contributed by atoms with van der Waals surface area (Å²) < 4.78 is 10.7. The van der Waals surface area contributed by atoms with Crippen LogP contribution in [0.3, 0.4) is 0 Å². The fraction of sp³-hybridized carbons (Fsp3) is 0.636. The number of methoxy groups -OCH3 is 1. The van der Waals surface area contributed by atoms with E-state index >= 15 is 0 Å². The lowest BCUT2D eigenvalue weighted by Gasteiger charge is -2.04. The molecular formula is C22H36O3. The molecule has 0 fully saturated rings. The van der Waals surface area contributed by atoms with Gasteiger partial charge in [-0.25, -0.2) is 0 Å². The van der Waals surface area contributed by atoms with E-state index in [0.717, 1.165) is 18.6 Å². The summed E-state index contributed by atoms with van der Waals surface area (Å²) in [6.07, 6.45) is 17.5. The zero-order chi connectivity index (χ0) is 18.2. The van der Waals surface area contributed by atoms with Crippen molar-refractivity contribution < 1.29 is 14.6 Å². The lowest BCUT2D eigenvalue weighted by Crippen LogP contribution is -1.94. The van der Waals surface area contributed by atoms with Crippen LogP contribution in [0.25, 0.3) is 6.08 Å². The summed E-state index contributed by atoms with van der Waals surface area (Å²) in [5, 5.41) is 9.56. The Kier molecular flexibility index (Phi) is 12.8. The van der Waals surface area contributed by atoms with Gasteiger partial charge >= 0.3 is 0 Å². The summed E-state index contributed by atoms with van der Waals surface area (Å²) in [7, 11) is 1.55. The Morgan fingerprint density at radius 2 is 1.56 bits per heavy atom. The van der Waals surface area contributed by atoms with Crippen LogP contribution in [-0.4, -0.2) is 25.4 Å². The smallest absolute Gasteiger partial charge is 0.161 e. The molecule has 0 atom stereocenters. The van der Waals surface area contributed by atoms with E-state index in [0.29, 0.717) is 12.4 Å². The molecule has 0 saturated heterocycles. The second kappa shape index (κ2) is 14.8. The highest BCUT2D eigenvalue weighted by atomic mass is 16.5. The molecule has 25 heavy (non-hydrogen) atoms. The van der Waals surface area contributed by atoms with E-state index in [1.165, 1.54) is 57.8 Å². The van der Waals surface area contributed by atoms with Gasteiger partial charge in [-0.1, -0.05) is 82.9 Å². The fourth-order valence-corrected chi connectivity index (χ4v) is 2.83. The van der Waals surface area contributed by atoms with Crippen LogP contribution in [0.15, 0.2) is 24.3 Å². The van der Waals surface area contributed by atoms with Crippen LogP contribution in [0.4, 0.5) is 0 Å². The van der Waals surface area contributed by atoms with Gasteiger partial charge in [0.2, 0.25) is 0 Å². The molecule has 0 aliphatic carbocycles. The van der Waals surface area contributed by atoms with Gasteiger partial charge in [-0.2, -0.15) is 0 Å². The molecule has 142 valence electrons. The quantitative estimate of drug-likeness (QED) is 0.375. The molecule has 0 radical (unpaired) electrons. The average Bonchev–Trinajstić information content (AvgIpc) is 2.63. The van der Waals surface area contributed by atoms with E-state index in [4.69, 9.17) is 9.47 Å². The Hall–Kier alpha value is -1.48. The molecule has 3 heteroatoms. The topological polar surface area (TPSA) is 38.7 Å². The number of hydrogen-bond acceptors (Lipinski definition) is 3. The Morgan fingerprint density at radius 1 is 0.920 bits per heavy atom. The van der Waals surface area contributed by atoms with Gasteiger partial charge < -0.3 is 14.6 Å². The van der Waals surface area contributed by atoms with Gasteiger partial charge in [-0.05, 0) is 24.1 Å². The van der Waals surface area contributed by atoms with Crippen molar-refractivity contribution in [2.75, 3.05) is 20.3 Å². The second-order valence-corrected chi connectivity index (χ2v) is 6.59. The Bertz CT molecular complexity index is 468. The number of ether oxygens (including phenoxy) is 2. The predicted octanol–water partition coefficient (Wildman–Crippen LogP) is 6.35. The molecule has 0 aromatic heterocycles. The van der Waals surface area contributed by atoms with E-state index in [-0.39, 0.29) is 5.75 Å². The highest BCUT2D eigenvalue weighted by Gasteiger charge is 2.00. The van der Waals surface area contributed by atoms with Gasteiger partial charge in [-0.15, -0.1) is 0 Å². The maximum absolute atomic E-state index is 9.56. The second-order valence-electron chi connectivity index (χ2n) is 6.59. The van der Waals surface area contributed by atoms with E-state index < -0.39 is 0 Å². The lowest BCUT2D eigenvalue weighted by atomic mass is 10.1. The molecule has 0 heterocycles. The maximum atomic E-state index is 9.56. The van der Waals surface area contributed by atoms with Crippen molar-refractivity contribution in [3.05, 3.63) is 29.8 Å². The van der Waals surface area contributed by atoms with E-state index in [2.05, 4.69) is 6.92 Å². The van der Waals surface area contributed by atoms with Crippen LogP contribution in [0.2, 0.25) is 0 Å². The third kappa shape index (κ3) is 10.9. The molecule has 0 bridgehead atoms.